The van der Waals surface area contributed by atoms with E-state index in [0.29, 0.717) is 6.04 Å². The van der Waals surface area contributed by atoms with E-state index in [0.717, 1.165) is 17.8 Å². The standard InChI is InChI=1S/C10H21N/c1-7-4-8(2)6-10(5-7)9(3)11/h7-10H,4-6,11H2,1-3H3. The van der Waals surface area contributed by atoms with Crippen molar-refractivity contribution in [2.24, 2.45) is 23.5 Å². The molecule has 1 saturated carbocycles. The average molecular weight is 155 g/mol. The second-order valence-corrected chi connectivity index (χ2v) is 4.54. The summed E-state index contributed by atoms with van der Waals surface area (Å²) in [7, 11) is 0. The van der Waals surface area contributed by atoms with Gasteiger partial charge in [-0.2, -0.15) is 0 Å². The molecule has 0 aromatic heterocycles. The summed E-state index contributed by atoms with van der Waals surface area (Å²) in [6.45, 7) is 6.85. The van der Waals surface area contributed by atoms with Crippen molar-refractivity contribution in [3.8, 4) is 0 Å². The zero-order chi connectivity index (χ0) is 8.43. The van der Waals surface area contributed by atoms with Gasteiger partial charge < -0.3 is 5.73 Å². The Morgan fingerprint density at radius 1 is 1.09 bits per heavy atom. The summed E-state index contributed by atoms with van der Waals surface area (Å²) in [6, 6.07) is 0.403. The lowest BCUT2D eigenvalue weighted by atomic mass is 9.74. The van der Waals surface area contributed by atoms with Crippen molar-refractivity contribution in [2.75, 3.05) is 0 Å². The van der Waals surface area contributed by atoms with Gasteiger partial charge >= 0.3 is 0 Å². The Kier molecular flexibility index (Phi) is 2.94. The van der Waals surface area contributed by atoms with E-state index in [4.69, 9.17) is 5.73 Å². The van der Waals surface area contributed by atoms with Crippen LogP contribution in [0.15, 0.2) is 0 Å². The van der Waals surface area contributed by atoms with E-state index in [9.17, 15) is 0 Å². The molecule has 0 bridgehead atoms. The van der Waals surface area contributed by atoms with E-state index in [1.165, 1.54) is 19.3 Å². The number of rotatable bonds is 1. The molecule has 0 saturated heterocycles. The molecule has 1 nitrogen and oxygen atoms in total. The maximum absolute atomic E-state index is 5.89. The molecule has 0 aromatic carbocycles. The van der Waals surface area contributed by atoms with Gasteiger partial charge in [0.1, 0.15) is 0 Å². The summed E-state index contributed by atoms with van der Waals surface area (Å²) in [6.07, 6.45) is 4.10. The van der Waals surface area contributed by atoms with Crippen LogP contribution < -0.4 is 5.73 Å². The minimum absolute atomic E-state index is 0.403. The van der Waals surface area contributed by atoms with Gasteiger partial charge in [0.2, 0.25) is 0 Å². The Morgan fingerprint density at radius 2 is 1.55 bits per heavy atom. The van der Waals surface area contributed by atoms with Gasteiger partial charge in [0, 0.05) is 6.04 Å². The first-order valence-corrected chi connectivity index (χ1v) is 4.85. The highest BCUT2D eigenvalue weighted by Crippen LogP contribution is 2.33. The van der Waals surface area contributed by atoms with Gasteiger partial charge in [0.05, 0.1) is 0 Å². The van der Waals surface area contributed by atoms with Crippen molar-refractivity contribution in [3.63, 3.8) is 0 Å². The van der Waals surface area contributed by atoms with Crippen LogP contribution in [0, 0.1) is 17.8 Å². The molecule has 0 amide bonds. The normalized spacial score (nSPS) is 42.0. The Morgan fingerprint density at radius 3 is 1.91 bits per heavy atom. The highest BCUT2D eigenvalue weighted by Gasteiger charge is 2.25. The van der Waals surface area contributed by atoms with Crippen LogP contribution in [0.3, 0.4) is 0 Å². The second kappa shape index (κ2) is 3.57. The summed E-state index contributed by atoms with van der Waals surface area (Å²) in [4.78, 5) is 0. The van der Waals surface area contributed by atoms with E-state index in [1.54, 1.807) is 0 Å². The quantitative estimate of drug-likeness (QED) is 0.618. The van der Waals surface area contributed by atoms with Gasteiger partial charge in [0.25, 0.3) is 0 Å². The maximum Gasteiger partial charge on any atom is 0.00389 e. The molecule has 0 radical (unpaired) electrons. The van der Waals surface area contributed by atoms with Crippen LogP contribution in [0.2, 0.25) is 0 Å². The smallest absolute Gasteiger partial charge is 0.00389 e. The van der Waals surface area contributed by atoms with E-state index >= 15 is 0 Å². The van der Waals surface area contributed by atoms with Crippen LogP contribution in [0.25, 0.3) is 0 Å². The van der Waals surface area contributed by atoms with E-state index in [1.807, 2.05) is 0 Å². The predicted octanol–water partition coefficient (Wildman–Crippen LogP) is 2.41. The summed E-state index contributed by atoms with van der Waals surface area (Å²) in [5.74, 6) is 2.58. The zero-order valence-corrected chi connectivity index (χ0v) is 8.01. The largest absolute Gasteiger partial charge is 0.328 e. The molecule has 1 aliphatic carbocycles. The molecule has 0 aliphatic heterocycles. The molecule has 11 heavy (non-hydrogen) atoms. The molecular formula is C10H21N. The molecule has 1 heteroatoms. The fourth-order valence-electron chi connectivity index (χ4n) is 2.44. The predicted molar refractivity (Wildman–Crippen MR) is 49.3 cm³/mol. The lowest BCUT2D eigenvalue weighted by Crippen LogP contribution is -2.32. The average Bonchev–Trinajstić information content (AvgIpc) is 1.85. The molecule has 0 heterocycles. The number of hydrogen-bond donors (Lipinski definition) is 1. The first kappa shape index (κ1) is 9.05. The lowest BCUT2D eigenvalue weighted by molar-refractivity contribution is 0.198. The fourth-order valence-corrected chi connectivity index (χ4v) is 2.44. The lowest BCUT2D eigenvalue weighted by Gasteiger charge is -2.33. The van der Waals surface area contributed by atoms with Crippen molar-refractivity contribution in [2.45, 2.75) is 46.1 Å². The van der Waals surface area contributed by atoms with E-state index in [-0.39, 0.29) is 0 Å². The minimum atomic E-state index is 0.403. The molecule has 1 rings (SSSR count). The van der Waals surface area contributed by atoms with Crippen LogP contribution in [0.1, 0.15) is 40.0 Å². The topological polar surface area (TPSA) is 26.0 Å². The molecule has 1 fully saturated rings. The van der Waals surface area contributed by atoms with Gasteiger partial charge in [-0.25, -0.2) is 0 Å². The van der Waals surface area contributed by atoms with Crippen molar-refractivity contribution in [3.05, 3.63) is 0 Å². The van der Waals surface area contributed by atoms with Crippen molar-refractivity contribution in [1.29, 1.82) is 0 Å². The first-order chi connectivity index (χ1) is 5.09. The Hall–Kier alpha value is -0.0400. The first-order valence-electron chi connectivity index (χ1n) is 4.85. The second-order valence-electron chi connectivity index (χ2n) is 4.54. The SMILES string of the molecule is CC1CC(C)CC(C(C)N)C1. The molecule has 2 N–H and O–H groups in total. The van der Waals surface area contributed by atoms with Crippen LogP contribution in [-0.4, -0.2) is 6.04 Å². The number of hydrogen-bond acceptors (Lipinski definition) is 1. The highest BCUT2D eigenvalue weighted by molar-refractivity contribution is 4.79. The molecule has 3 atom stereocenters. The van der Waals surface area contributed by atoms with Gasteiger partial charge in [-0.15, -0.1) is 0 Å². The van der Waals surface area contributed by atoms with Crippen LogP contribution in [-0.2, 0) is 0 Å². The monoisotopic (exact) mass is 155 g/mol. The third-order valence-electron chi connectivity index (χ3n) is 2.96. The Balaban J connectivity index is 2.43. The van der Waals surface area contributed by atoms with E-state index < -0.39 is 0 Å². The maximum atomic E-state index is 5.89. The van der Waals surface area contributed by atoms with Gasteiger partial charge in [-0.3, -0.25) is 0 Å². The van der Waals surface area contributed by atoms with Gasteiger partial charge in [-0.05, 0) is 43.9 Å². The molecule has 1 aliphatic rings. The Labute approximate surface area is 70.4 Å². The third-order valence-corrected chi connectivity index (χ3v) is 2.96. The molecule has 0 spiro atoms. The van der Waals surface area contributed by atoms with Gasteiger partial charge in [-0.1, -0.05) is 13.8 Å². The summed E-state index contributed by atoms with van der Waals surface area (Å²) < 4.78 is 0. The zero-order valence-electron chi connectivity index (χ0n) is 8.01. The molecule has 3 unspecified atom stereocenters. The minimum Gasteiger partial charge on any atom is -0.328 e. The van der Waals surface area contributed by atoms with Crippen molar-refractivity contribution < 1.29 is 0 Å². The van der Waals surface area contributed by atoms with Crippen molar-refractivity contribution >= 4 is 0 Å². The number of nitrogens with two attached hydrogens (primary N) is 1. The Bertz CT molecular complexity index is 110. The van der Waals surface area contributed by atoms with Crippen LogP contribution in [0.5, 0.6) is 0 Å². The highest BCUT2D eigenvalue weighted by atomic mass is 14.6. The van der Waals surface area contributed by atoms with E-state index in [2.05, 4.69) is 20.8 Å². The summed E-state index contributed by atoms with van der Waals surface area (Å²) in [5, 5.41) is 0. The summed E-state index contributed by atoms with van der Waals surface area (Å²) in [5.41, 5.74) is 5.89. The third kappa shape index (κ3) is 2.48. The summed E-state index contributed by atoms with van der Waals surface area (Å²) >= 11 is 0. The molecular weight excluding hydrogens is 134 g/mol. The van der Waals surface area contributed by atoms with Crippen LogP contribution >= 0.6 is 0 Å². The van der Waals surface area contributed by atoms with Gasteiger partial charge in [0.15, 0.2) is 0 Å². The van der Waals surface area contributed by atoms with Crippen LogP contribution in [0.4, 0.5) is 0 Å². The van der Waals surface area contributed by atoms with Crippen molar-refractivity contribution in [1.82, 2.24) is 0 Å². The fraction of sp³-hybridized carbons (Fsp3) is 1.00. The molecule has 66 valence electrons. The molecule has 0 aromatic rings.